The molecule has 0 fully saturated rings. The first-order valence-corrected chi connectivity index (χ1v) is 10.9. The van der Waals surface area contributed by atoms with Crippen molar-refractivity contribution in [1.82, 2.24) is 0 Å². The summed E-state index contributed by atoms with van der Waals surface area (Å²) in [6.07, 6.45) is 1.07. The molecule has 0 atom stereocenters. The number of halogens is 2. The minimum absolute atomic E-state index is 0.0824. The molecule has 186 valence electrons. The number of ether oxygens (including phenoxy) is 1. The summed E-state index contributed by atoms with van der Waals surface area (Å²) in [4.78, 5) is 37.2. The fourth-order valence-corrected chi connectivity index (χ4v) is 4.04. The van der Waals surface area contributed by atoms with Crippen molar-refractivity contribution in [2.45, 2.75) is 26.7 Å². The summed E-state index contributed by atoms with van der Waals surface area (Å²) in [5, 5.41) is 34.4. The molecule has 0 bridgehead atoms. The summed E-state index contributed by atoms with van der Waals surface area (Å²) in [5.74, 6) is -7.40. The van der Waals surface area contributed by atoms with Gasteiger partial charge in [-0.2, -0.15) is 0 Å². The third-order valence-electron chi connectivity index (χ3n) is 5.85. The Labute approximate surface area is 203 Å². The number of anilines is 2. The van der Waals surface area contributed by atoms with E-state index in [-0.39, 0.29) is 12.3 Å². The van der Waals surface area contributed by atoms with Crippen molar-refractivity contribution in [2.75, 3.05) is 11.9 Å². The molecular formula is C25H20F2N2O7. The van der Waals surface area contributed by atoms with Gasteiger partial charge in [-0.1, -0.05) is 25.5 Å². The molecule has 36 heavy (non-hydrogen) atoms. The second-order valence-electron chi connectivity index (χ2n) is 8.15. The summed E-state index contributed by atoms with van der Waals surface area (Å²) in [7, 11) is 0. The van der Waals surface area contributed by atoms with Crippen molar-refractivity contribution in [2.24, 2.45) is 0 Å². The molecule has 0 heterocycles. The second-order valence-corrected chi connectivity index (χ2v) is 8.15. The Kier molecular flexibility index (Phi) is 6.32. The van der Waals surface area contributed by atoms with E-state index < -0.39 is 79.0 Å². The highest BCUT2D eigenvalue weighted by atomic mass is 19.1. The predicted molar refractivity (Wildman–Crippen MR) is 125 cm³/mol. The van der Waals surface area contributed by atoms with Crippen LogP contribution < -0.4 is 10.1 Å². The van der Waals surface area contributed by atoms with Crippen LogP contribution in [0.4, 0.5) is 25.8 Å². The Hall–Kier alpha value is -4.54. The van der Waals surface area contributed by atoms with Crippen molar-refractivity contribution in [1.29, 1.82) is 0 Å². The fraction of sp³-hybridized carbons (Fsp3) is 0.200. The first kappa shape index (κ1) is 24.6. The molecule has 0 unspecified atom stereocenters. The van der Waals surface area contributed by atoms with E-state index in [1.165, 1.54) is 19.1 Å². The zero-order chi connectivity index (χ0) is 26.3. The first-order valence-electron chi connectivity index (χ1n) is 10.9. The van der Waals surface area contributed by atoms with Crippen LogP contribution in [0.1, 0.15) is 57.2 Å². The normalized spacial score (nSPS) is 12.2. The molecule has 0 aromatic heterocycles. The highest BCUT2D eigenvalue weighted by Crippen LogP contribution is 2.46. The number of nitro groups is 1. The number of phenolic OH excluding ortho intramolecular Hbond substituents is 2. The smallest absolute Gasteiger partial charge is 0.292 e. The number of fused-ring (bicyclic) bond motifs is 2. The highest BCUT2D eigenvalue weighted by Gasteiger charge is 2.42. The van der Waals surface area contributed by atoms with E-state index in [0.29, 0.717) is 18.4 Å². The molecule has 3 aromatic rings. The first-order chi connectivity index (χ1) is 17.1. The Bertz CT molecular complexity index is 1450. The van der Waals surface area contributed by atoms with E-state index in [0.717, 1.165) is 18.2 Å². The highest BCUT2D eigenvalue weighted by molar-refractivity contribution is 6.31. The quantitative estimate of drug-likeness (QED) is 0.135. The molecule has 4 rings (SSSR count). The number of phenols is 2. The Morgan fingerprint density at radius 2 is 1.53 bits per heavy atom. The number of nitro benzene ring substituents is 1. The number of aromatic hydroxyl groups is 2. The number of rotatable bonds is 7. The van der Waals surface area contributed by atoms with E-state index >= 15 is 8.78 Å². The molecule has 0 aliphatic heterocycles. The Morgan fingerprint density at radius 3 is 2.08 bits per heavy atom. The number of aryl methyl sites for hydroxylation is 1. The number of carbonyl (C=O) groups is 2. The van der Waals surface area contributed by atoms with Crippen LogP contribution in [0.15, 0.2) is 30.3 Å². The number of para-hydroxylation sites is 1. The predicted octanol–water partition coefficient (Wildman–Crippen LogP) is 5.29. The van der Waals surface area contributed by atoms with Gasteiger partial charge >= 0.3 is 0 Å². The second kappa shape index (κ2) is 9.25. The third-order valence-corrected chi connectivity index (χ3v) is 5.85. The van der Waals surface area contributed by atoms with Crippen LogP contribution >= 0.6 is 0 Å². The van der Waals surface area contributed by atoms with E-state index in [1.54, 1.807) is 0 Å². The van der Waals surface area contributed by atoms with Crippen LogP contribution in [0, 0.1) is 28.7 Å². The van der Waals surface area contributed by atoms with Gasteiger partial charge in [0.1, 0.15) is 22.9 Å². The topological polar surface area (TPSA) is 139 Å². The van der Waals surface area contributed by atoms with Crippen LogP contribution in [0.25, 0.3) is 0 Å². The minimum Gasteiger partial charge on any atom is -0.507 e. The van der Waals surface area contributed by atoms with Gasteiger partial charge < -0.3 is 20.3 Å². The molecular weight excluding hydrogens is 478 g/mol. The molecule has 0 saturated carbocycles. The van der Waals surface area contributed by atoms with Crippen molar-refractivity contribution in [3.05, 3.63) is 79.9 Å². The number of hydrogen-bond donors (Lipinski definition) is 3. The molecule has 0 amide bonds. The van der Waals surface area contributed by atoms with Gasteiger partial charge in [0.15, 0.2) is 17.4 Å². The van der Waals surface area contributed by atoms with Crippen LogP contribution in [-0.4, -0.2) is 33.3 Å². The molecule has 1 aliphatic carbocycles. The summed E-state index contributed by atoms with van der Waals surface area (Å²) in [6, 6.07) is 5.97. The SMILES string of the molecule is CCCCOc1c(F)c2c(c(F)c1Nc1c(C)cccc1[N+](=O)[O-])C(=O)c1c(O)ccc(O)c1C2=O. The lowest BCUT2D eigenvalue weighted by molar-refractivity contribution is -0.384. The number of hydrogen-bond acceptors (Lipinski definition) is 8. The Balaban J connectivity index is 2.01. The van der Waals surface area contributed by atoms with Gasteiger partial charge in [-0.15, -0.1) is 0 Å². The van der Waals surface area contributed by atoms with E-state index in [9.17, 15) is 29.9 Å². The number of ketones is 2. The fourth-order valence-electron chi connectivity index (χ4n) is 4.04. The van der Waals surface area contributed by atoms with Gasteiger partial charge in [0, 0.05) is 6.07 Å². The maximum atomic E-state index is 16.0. The summed E-state index contributed by atoms with van der Waals surface area (Å²) in [5.41, 5.74) is -4.33. The molecule has 0 saturated heterocycles. The minimum atomic E-state index is -1.40. The monoisotopic (exact) mass is 498 g/mol. The van der Waals surface area contributed by atoms with Gasteiger partial charge in [0.2, 0.25) is 11.6 Å². The molecule has 11 heteroatoms. The largest absolute Gasteiger partial charge is 0.507 e. The van der Waals surface area contributed by atoms with E-state index in [4.69, 9.17) is 4.74 Å². The van der Waals surface area contributed by atoms with Crippen LogP contribution in [0.3, 0.4) is 0 Å². The zero-order valence-electron chi connectivity index (χ0n) is 19.1. The molecule has 1 aliphatic rings. The van der Waals surface area contributed by atoms with Gasteiger partial charge in [0.25, 0.3) is 5.69 Å². The summed E-state index contributed by atoms with van der Waals surface area (Å²) < 4.78 is 37.3. The molecule has 3 aromatic carbocycles. The third kappa shape index (κ3) is 3.78. The maximum Gasteiger partial charge on any atom is 0.292 e. The number of nitrogens with zero attached hydrogens (tertiary/aromatic N) is 1. The number of benzene rings is 3. The van der Waals surface area contributed by atoms with Crippen molar-refractivity contribution < 1.29 is 38.2 Å². The summed E-state index contributed by atoms with van der Waals surface area (Å²) in [6.45, 7) is 3.25. The maximum absolute atomic E-state index is 16.0. The van der Waals surface area contributed by atoms with Gasteiger partial charge in [-0.05, 0) is 31.0 Å². The van der Waals surface area contributed by atoms with Crippen LogP contribution in [0.2, 0.25) is 0 Å². The molecule has 9 nitrogen and oxygen atoms in total. The van der Waals surface area contributed by atoms with Crippen molar-refractivity contribution in [3.63, 3.8) is 0 Å². The van der Waals surface area contributed by atoms with Crippen LogP contribution in [-0.2, 0) is 0 Å². The van der Waals surface area contributed by atoms with Crippen LogP contribution in [0.5, 0.6) is 17.2 Å². The average Bonchev–Trinajstić information content (AvgIpc) is 2.83. The van der Waals surface area contributed by atoms with Gasteiger partial charge in [0.05, 0.1) is 33.8 Å². The molecule has 3 N–H and O–H groups in total. The lowest BCUT2D eigenvalue weighted by Gasteiger charge is -2.24. The van der Waals surface area contributed by atoms with Crippen molar-refractivity contribution >= 4 is 28.6 Å². The van der Waals surface area contributed by atoms with Gasteiger partial charge in [-0.25, -0.2) is 8.78 Å². The van der Waals surface area contributed by atoms with Crippen molar-refractivity contribution in [3.8, 4) is 17.2 Å². The van der Waals surface area contributed by atoms with E-state index in [2.05, 4.69) is 5.32 Å². The standard InChI is InChI=1S/C25H20F2N2O7/c1-3-4-10-36-25-20(27)18-17(23(32)15-13(30)8-9-14(31)16(15)24(18)33)19(26)22(25)28-21-11(2)6-5-7-12(21)29(34)35/h5-9,28,30-31H,3-4,10H2,1-2H3. The average molecular weight is 498 g/mol. The summed E-state index contributed by atoms with van der Waals surface area (Å²) >= 11 is 0. The lowest BCUT2D eigenvalue weighted by atomic mass is 9.81. The molecule has 0 spiro atoms. The number of carbonyl (C=O) groups excluding carboxylic acids is 2. The lowest BCUT2D eigenvalue weighted by Crippen LogP contribution is -2.26. The van der Waals surface area contributed by atoms with Gasteiger partial charge in [-0.3, -0.25) is 19.7 Å². The number of unbranched alkanes of at least 4 members (excludes halogenated alkanes) is 1. The van der Waals surface area contributed by atoms with E-state index in [1.807, 2.05) is 6.92 Å². The zero-order valence-corrected chi connectivity index (χ0v) is 19.1. The number of nitrogens with one attached hydrogen (secondary N) is 1. The molecule has 0 radical (unpaired) electrons. The Morgan fingerprint density at radius 1 is 0.944 bits per heavy atom.